The molecule has 0 bridgehead atoms. The summed E-state index contributed by atoms with van der Waals surface area (Å²) in [6.45, 7) is 3.06. The molecule has 0 fully saturated rings. The molecule has 0 amide bonds. The number of anilines is 2. The lowest BCUT2D eigenvalue weighted by Crippen LogP contribution is -2.44. The highest BCUT2D eigenvalue weighted by Gasteiger charge is 2.22. The summed E-state index contributed by atoms with van der Waals surface area (Å²) in [4.78, 5) is 46.6. The fraction of sp³-hybridized carbons (Fsp3) is 0.250. The van der Waals surface area contributed by atoms with Crippen LogP contribution >= 0.6 is 0 Å². The number of ether oxygens (including phenoxy) is 2. The zero-order chi connectivity index (χ0) is 29.7. The SMILES string of the molecule is COC(=O)[C@@H](C)Cn1c(=O)nc(Nc2ccc(Oc3ccc(C)nc3)cc2)n(Cc2ccc(C(O)(O)O)cc2)c1=O. The number of benzene rings is 2. The first-order valence-corrected chi connectivity index (χ1v) is 12.5. The number of nitrogens with zero attached hydrogens (tertiary/aromatic N) is 4. The predicted molar refractivity (Wildman–Crippen MR) is 147 cm³/mol. The summed E-state index contributed by atoms with van der Waals surface area (Å²) in [5.41, 5.74) is 0.104. The maximum absolute atomic E-state index is 13.5. The number of pyridine rings is 1. The molecule has 4 rings (SSSR count). The minimum atomic E-state index is -3.02. The molecule has 2 heterocycles. The minimum Gasteiger partial charge on any atom is -0.469 e. The van der Waals surface area contributed by atoms with Crippen molar-refractivity contribution in [2.24, 2.45) is 5.92 Å². The molecule has 13 nitrogen and oxygen atoms in total. The first kappa shape index (κ1) is 29.1. The highest BCUT2D eigenvalue weighted by molar-refractivity contribution is 5.71. The Hall–Kier alpha value is -4.85. The second kappa shape index (κ2) is 12.1. The lowest BCUT2D eigenvalue weighted by molar-refractivity contribution is -0.323. The molecule has 0 saturated carbocycles. The standard InChI is InChI=1S/C28H29N5O8/c1-17(24(34)40-3)15-33-26(35)31-25(32(27(33)36)16-19-5-7-20(8-6-19)28(37,38)39)30-21-9-12-22(13-10-21)41-23-11-4-18(2)29-14-23/h4-14,17,37-39H,15-16H2,1-3H3,(H,30,31,35)/t17-/m0/s1. The van der Waals surface area contributed by atoms with Crippen molar-refractivity contribution < 1.29 is 29.6 Å². The second-order valence-electron chi connectivity index (χ2n) is 9.34. The second-order valence-corrected chi connectivity index (χ2v) is 9.34. The van der Waals surface area contributed by atoms with Crippen LogP contribution in [-0.4, -0.2) is 47.5 Å². The minimum absolute atomic E-state index is 0.0664. The Kier molecular flexibility index (Phi) is 8.62. The number of hydrogen-bond donors (Lipinski definition) is 4. The van der Waals surface area contributed by atoms with E-state index in [1.165, 1.54) is 42.9 Å². The van der Waals surface area contributed by atoms with Crippen LogP contribution in [-0.2, 0) is 28.6 Å². The molecule has 2 aromatic heterocycles. The van der Waals surface area contributed by atoms with Gasteiger partial charge in [-0.15, -0.1) is 0 Å². The van der Waals surface area contributed by atoms with Gasteiger partial charge in [0.1, 0.15) is 11.5 Å². The van der Waals surface area contributed by atoms with E-state index in [0.29, 0.717) is 22.7 Å². The van der Waals surface area contributed by atoms with E-state index in [0.717, 1.165) is 10.3 Å². The van der Waals surface area contributed by atoms with Gasteiger partial charge in [-0.2, -0.15) is 4.98 Å². The van der Waals surface area contributed by atoms with E-state index in [1.807, 2.05) is 13.0 Å². The summed E-state index contributed by atoms with van der Waals surface area (Å²) in [6, 6.07) is 15.8. The van der Waals surface area contributed by atoms with Gasteiger partial charge >= 0.3 is 23.3 Å². The number of carbonyl (C=O) groups is 1. The number of carbonyl (C=O) groups excluding carboxylic acids is 1. The van der Waals surface area contributed by atoms with Gasteiger partial charge in [0.25, 0.3) is 0 Å². The Morgan fingerprint density at radius 2 is 1.63 bits per heavy atom. The topological polar surface area (TPSA) is 178 Å². The molecule has 0 aliphatic carbocycles. The third-order valence-electron chi connectivity index (χ3n) is 6.12. The first-order valence-electron chi connectivity index (χ1n) is 12.5. The van der Waals surface area contributed by atoms with Gasteiger partial charge in [-0.25, -0.2) is 14.2 Å². The van der Waals surface area contributed by atoms with E-state index in [-0.39, 0.29) is 24.6 Å². The van der Waals surface area contributed by atoms with Crippen LogP contribution in [0.25, 0.3) is 0 Å². The van der Waals surface area contributed by atoms with Crippen molar-refractivity contribution in [2.45, 2.75) is 32.9 Å². The Morgan fingerprint density at radius 1 is 0.976 bits per heavy atom. The number of rotatable bonds is 10. The van der Waals surface area contributed by atoms with Gasteiger partial charge in [0.15, 0.2) is 0 Å². The van der Waals surface area contributed by atoms with Crippen molar-refractivity contribution in [3.63, 3.8) is 0 Å². The molecule has 2 aromatic carbocycles. The van der Waals surface area contributed by atoms with Crippen LogP contribution in [0.1, 0.15) is 23.7 Å². The van der Waals surface area contributed by atoms with E-state index < -0.39 is 29.2 Å². The number of aryl methyl sites for hydroxylation is 1. The summed E-state index contributed by atoms with van der Waals surface area (Å²) in [7, 11) is 1.21. The van der Waals surface area contributed by atoms with E-state index in [9.17, 15) is 29.7 Å². The molecule has 0 saturated heterocycles. The van der Waals surface area contributed by atoms with Crippen LogP contribution in [0.15, 0.2) is 76.4 Å². The maximum atomic E-state index is 13.5. The molecule has 214 valence electrons. The third-order valence-corrected chi connectivity index (χ3v) is 6.12. The molecule has 0 unspecified atom stereocenters. The van der Waals surface area contributed by atoms with Crippen LogP contribution < -0.4 is 21.4 Å². The first-order chi connectivity index (χ1) is 19.4. The molecule has 0 aliphatic heterocycles. The van der Waals surface area contributed by atoms with E-state index in [1.54, 1.807) is 36.5 Å². The van der Waals surface area contributed by atoms with Crippen LogP contribution in [0.4, 0.5) is 11.6 Å². The monoisotopic (exact) mass is 563 g/mol. The Labute approximate surface area is 233 Å². The summed E-state index contributed by atoms with van der Waals surface area (Å²) >= 11 is 0. The van der Waals surface area contributed by atoms with Crippen LogP contribution in [0.2, 0.25) is 0 Å². The number of hydrogen-bond acceptors (Lipinski definition) is 11. The third kappa shape index (κ3) is 7.22. The summed E-state index contributed by atoms with van der Waals surface area (Å²) < 4.78 is 12.5. The normalized spacial score (nSPS) is 12.0. The number of esters is 1. The van der Waals surface area contributed by atoms with Crippen molar-refractivity contribution >= 4 is 17.6 Å². The zero-order valence-corrected chi connectivity index (χ0v) is 22.5. The molecule has 0 spiro atoms. The van der Waals surface area contributed by atoms with E-state index in [4.69, 9.17) is 9.47 Å². The van der Waals surface area contributed by atoms with Crippen LogP contribution in [0, 0.1) is 12.8 Å². The highest BCUT2D eigenvalue weighted by atomic mass is 16.7. The molecule has 13 heteroatoms. The Morgan fingerprint density at radius 3 is 2.22 bits per heavy atom. The molecular formula is C28H29N5O8. The zero-order valence-electron chi connectivity index (χ0n) is 22.5. The number of methoxy groups -OCH3 is 1. The number of aliphatic hydroxyl groups is 3. The van der Waals surface area contributed by atoms with Gasteiger partial charge in [0.2, 0.25) is 5.95 Å². The van der Waals surface area contributed by atoms with Gasteiger partial charge in [-0.1, -0.05) is 31.2 Å². The van der Waals surface area contributed by atoms with Gasteiger partial charge in [-0.3, -0.25) is 14.3 Å². The van der Waals surface area contributed by atoms with Gasteiger partial charge in [0, 0.05) is 23.5 Å². The van der Waals surface area contributed by atoms with Crippen molar-refractivity contribution in [3.05, 3.63) is 105 Å². The maximum Gasteiger partial charge on any atom is 0.354 e. The largest absolute Gasteiger partial charge is 0.469 e. The van der Waals surface area contributed by atoms with Crippen LogP contribution in [0.3, 0.4) is 0 Å². The average Bonchev–Trinajstić information content (AvgIpc) is 2.94. The highest BCUT2D eigenvalue weighted by Crippen LogP contribution is 2.24. The van der Waals surface area contributed by atoms with E-state index in [2.05, 4.69) is 15.3 Å². The molecule has 41 heavy (non-hydrogen) atoms. The fourth-order valence-electron chi connectivity index (χ4n) is 3.88. The molecule has 4 N–H and O–H groups in total. The number of nitrogens with one attached hydrogen (secondary N) is 1. The quantitative estimate of drug-likeness (QED) is 0.163. The Bertz CT molecular complexity index is 1620. The van der Waals surface area contributed by atoms with Gasteiger partial charge in [0.05, 0.1) is 25.8 Å². The fourth-order valence-corrected chi connectivity index (χ4v) is 3.88. The molecule has 0 aliphatic rings. The smallest absolute Gasteiger partial charge is 0.354 e. The lowest BCUT2D eigenvalue weighted by Gasteiger charge is -2.18. The summed E-state index contributed by atoms with van der Waals surface area (Å²) in [6.07, 6.45) is 1.61. The Balaban J connectivity index is 1.66. The van der Waals surface area contributed by atoms with Crippen molar-refractivity contribution in [2.75, 3.05) is 12.4 Å². The van der Waals surface area contributed by atoms with E-state index >= 15 is 0 Å². The predicted octanol–water partition coefficient (Wildman–Crippen LogP) is 1.59. The molecule has 1 atom stereocenters. The molecular weight excluding hydrogens is 534 g/mol. The van der Waals surface area contributed by atoms with Gasteiger partial charge in [-0.05, 0) is 48.9 Å². The van der Waals surface area contributed by atoms with Crippen molar-refractivity contribution in [1.29, 1.82) is 0 Å². The van der Waals surface area contributed by atoms with Crippen molar-refractivity contribution in [3.8, 4) is 11.5 Å². The van der Waals surface area contributed by atoms with Gasteiger partial charge < -0.3 is 30.1 Å². The van der Waals surface area contributed by atoms with Crippen LogP contribution in [0.5, 0.6) is 11.5 Å². The summed E-state index contributed by atoms with van der Waals surface area (Å²) in [5.74, 6) is -3.38. The molecule has 0 radical (unpaired) electrons. The number of aromatic nitrogens is 4. The summed E-state index contributed by atoms with van der Waals surface area (Å²) in [5, 5.41) is 31.2. The van der Waals surface area contributed by atoms with Crippen molar-refractivity contribution in [1.82, 2.24) is 19.1 Å². The lowest BCUT2D eigenvalue weighted by atomic mass is 10.1. The average molecular weight is 564 g/mol. The molecule has 4 aromatic rings.